The van der Waals surface area contributed by atoms with Gasteiger partial charge in [0.2, 0.25) is 11.8 Å². The van der Waals surface area contributed by atoms with Crippen LogP contribution in [0.2, 0.25) is 0 Å². The number of aromatic nitrogens is 2. The Morgan fingerprint density at radius 2 is 1.72 bits per heavy atom. The van der Waals surface area contributed by atoms with Crippen molar-refractivity contribution < 1.29 is 9.21 Å². The molecule has 1 unspecified atom stereocenters. The smallest absolute Gasteiger partial charge is 0.253 e. The Balaban J connectivity index is 1.50. The van der Waals surface area contributed by atoms with Gasteiger partial charge < -0.3 is 9.32 Å². The van der Waals surface area contributed by atoms with Gasteiger partial charge in [0.25, 0.3) is 5.91 Å². The molecule has 0 N–H and O–H groups in total. The van der Waals surface area contributed by atoms with Crippen molar-refractivity contribution in [3.05, 3.63) is 72.1 Å². The molecule has 126 valence electrons. The number of hydrogen-bond donors (Lipinski definition) is 0. The summed E-state index contributed by atoms with van der Waals surface area (Å²) in [5, 5.41) is 8.40. The molecule has 1 atom stereocenters. The lowest BCUT2D eigenvalue weighted by atomic mass is 9.97. The summed E-state index contributed by atoms with van der Waals surface area (Å²) in [5.74, 6) is 1.30. The largest absolute Gasteiger partial charge is 0.420 e. The van der Waals surface area contributed by atoms with E-state index in [1.54, 1.807) is 0 Å². The van der Waals surface area contributed by atoms with Gasteiger partial charge in [-0.1, -0.05) is 36.4 Å². The number of piperidine rings is 1. The monoisotopic (exact) mass is 333 g/mol. The fraction of sp³-hybridized carbons (Fsp3) is 0.250. The summed E-state index contributed by atoms with van der Waals surface area (Å²) in [4.78, 5) is 14.5. The number of rotatable bonds is 3. The second kappa shape index (κ2) is 6.89. The molecule has 1 aliphatic rings. The Morgan fingerprint density at radius 3 is 2.48 bits per heavy atom. The SMILES string of the molecule is O=C(c1ccccc1)N1CCCC(c2nnc(-c3ccccc3)o2)C1. The van der Waals surface area contributed by atoms with Crippen LogP contribution in [-0.4, -0.2) is 34.1 Å². The van der Waals surface area contributed by atoms with Gasteiger partial charge in [-0.05, 0) is 37.1 Å². The lowest BCUT2D eigenvalue weighted by molar-refractivity contribution is 0.0698. The van der Waals surface area contributed by atoms with E-state index in [-0.39, 0.29) is 11.8 Å². The molecule has 0 bridgehead atoms. The van der Waals surface area contributed by atoms with Crippen LogP contribution in [0.15, 0.2) is 65.1 Å². The minimum Gasteiger partial charge on any atom is -0.420 e. The highest BCUT2D eigenvalue weighted by Crippen LogP contribution is 2.29. The van der Waals surface area contributed by atoms with E-state index in [0.717, 1.165) is 30.5 Å². The first-order valence-electron chi connectivity index (χ1n) is 8.54. The molecule has 1 saturated heterocycles. The predicted molar refractivity (Wildman–Crippen MR) is 94.1 cm³/mol. The topological polar surface area (TPSA) is 59.2 Å². The van der Waals surface area contributed by atoms with Crippen LogP contribution >= 0.6 is 0 Å². The average Bonchev–Trinajstić information content (AvgIpc) is 3.19. The van der Waals surface area contributed by atoms with Crippen LogP contribution in [0.25, 0.3) is 11.5 Å². The van der Waals surface area contributed by atoms with Crippen molar-refractivity contribution in [3.8, 4) is 11.5 Å². The number of hydrogen-bond acceptors (Lipinski definition) is 4. The Morgan fingerprint density at radius 1 is 1.00 bits per heavy atom. The lowest BCUT2D eigenvalue weighted by Gasteiger charge is -2.31. The predicted octanol–water partition coefficient (Wildman–Crippen LogP) is 3.76. The zero-order chi connectivity index (χ0) is 17.1. The van der Waals surface area contributed by atoms with Crippen molar-refractivity contribution >= 4 is 5.91 Å². The zero-order valence-electron chi connectivity index (χ0n) is 13.8. The third-order valence-electron chi connectivity index (χ3n) is 4.54. The highest BCUT2D eigenvalue weighted by Gasteiger charge is 2.29. The molecule has 25 heavy (non-hydrogen) atoms. The van der Waals surface area contributed by atoms with Gasteiger partial charge in [0.1, 0.15) is 0 Å². The molecule has 0 spiro atoms. The molecule has 0 aliphatic carbocycles. The third kappa shape index (κ3) is 3.31. The Hall–Kier alpha value is -2.95. The summed E-state index contributed by atoms with van der Waals surface area (Å²) < 4.78 is 5.88. The molecular formula is C20H19N3O2. The standard InChI is InChI=1S/C20H19N3O2/c24-20(16-10-5-2-6-11-16)23-13-7-12-17(14-23)19-22-21-18(25-19)15-8-3-1-4-9-15/h1-6,8-11,17H,7,12-14H2. The van der Waals surface area contributed by atoms with Gasteiger partial charge in [0.15, 0.2) is 0 Å². The van der Waals surface area contributed by atoms with E-state index in [2.05, 4.69) is 10.2 Å². The molecule has 1 fully saturated rings. The van der Waals surface area contributed by atoms with Gasteiger partial charge in [-0.3, -0.25) is 4.79 Å². The summed E-state index contributed by atoms with van der Waals surface area (Å²) in [6.07, 6.45) is 1.89. The first-order chi connectivity index (χ1) is 12.3. The molecule has 4 rings (SSSR count). The van der Waals surface area contributed by atoms with Gasteiger partial charge in [-0.15, -0.1) is 10.2 Å². The van der Waals surface area contributed by atoms with Crippen LogP contribution in [0.3, 0.4) is 0 Å². The van der Waals surface area contributed by atoms with E-state index < -0.39 is 0 Å². The van der Waals surface area contributed by atoms with Crippen molar-refractivity contribution in [2.75, 3.05) is 13.1 Å². The molecule has 5 heteroatoms. The van der Waals surface area contributed by atoms with Crippen LogP contribution < -0.4 is 0 Å². The van der Waals surface area contributed by atoms with Crippen molar-refractivity contribution in [2.24, 2.45) is 0 Å². The van der Waals surface area contributed by atoms with Crippen LogP contribution in [0, 0.1) is 0 Å². The Bertz CT molecular complexity index is 846. The third-order valence-corrected chi connectivity index (χ3v) is 4.54. The quantitative estimate of drug-likeness (QED) is 0.732. The summed E-state index contributed by atoms with van der Waals surface area (Å²) in [7, 11) is 0. The molecule has 2 heterocycles. The van der Waals surface area contributed by atoms with Gasteiger partial charge in [0, 0.05) is 24.2 Å². The summed E-state index contributed by atoms with van der Waals surface area (Å²) >= 11 is 0. The first-order valence-corrected chi connectivity index (χ1v) is 8.54. The molecule has 2 aromatic carbocycles. The molecule has 1 aliphatic heterocycles. The summed E-state index contributed by atoms with van der Waals surface area (Å²) in [6.45, 7) is 1.38. The van der Waals surface area contributed by atoms with Crippen molar-refractivity contribution in [3.63, 3.8) is 0 Å². The van der Waals surface area contributed by atoms with E-state index in [9.17, 15) is 4.79 Å². The zero-order valence-corrected chi connectivity index (χ0v) is 13.8. The van der Waals surface area contributed by atoms with E-state index in [1.807, 2.05) is 65.6 Å². The van der Waals surface area contributed by atoms with E-state index >= 15 is 0 Å². The molecule has 5 nitrogen and oxygen atoms in total. The van der Waals surface area contributed by atoms with Crippen molar-refractivity contribution in [1.29, 1.82) is 0 Å². The van der Waals surface area contributed by atoms with Gasteiger partial charge in [-0.2, -0.15) is 0 Å². The van der Waals surface area contributed by atoms with E-state index in [4.69, 9.17) is 4.42 Å². The second-order valence-corrected chi connectivity index (χ2v) is 6.27. The molecule has 1 aromatic heterocycles. The lowest BCUT2D eigenvalue weighted by Crippen LogP contribution is -2.39. The van der Waals surface area contributed by atoms with Crippen molar-refractivity contribution in [2.45, 2.75) is 18.8 Å². The van der Waals surface area contributed by atoms with E-state index in [1.165, 1.54) is 0 Å². The van der Waals surface area contributed by atoms with Crippen LogP contribution in [0.4, 0.5) is 0 Å². The van der Waals surface area contributed by atoms with E-state index in [0.29, 0.717) is 18.3 Å². The average molecular weight is 333 g/mol. The minimum absolute atomic E-state index is 0.0631. The maximum absolute atomic E-state index is 12.7. The fourth-order valence-electron chi connectivity index (χ4n) is 3.22. The summed E-state index contributed by atoms with van der Waals surface area (Å²) in [6, 6.07) is 19.1. The molecule has 0 saturated carbocycles. The minimum atomic E-state index is 0.0631. The van der Waals surface area contributed by atoms with Crippen molar-refractivity contribution in [1.82, 2.24) is 15.1 Å². The van der Waals surface area contributed by atoms with Gasteiger partial charge >= 0.3 is 0 Å². The molecular weight excluding hydrogens is 314 g/mol. The molecule has 0 radical (unpaired) electrons. The van der Waals surface area contributed by atoms with Gasteiger partial charge in [0.05, 0.1) is 5.92 Å². The Labute approximate surface area is 146 Å². The van der Waals surface area contributed by atoms with Crippen LogP contribution in [0.5, 0.6) is 0 Å². The maximum Gasteiger partial charge on any atom is 0.253 e. The normalized spacial score (nSPS) is 17.4. The number of carbonyl (C=O) groups excluding carboxylic acids is 1. The van der Waals surface area contributed by atoms with Gasteiger partial charge in [-0.25, -0.2) is 0 Å². The number of nitrogens with zero attached hydrogens (tertiary/aromatic N) is 3. The number of amides is 1. The van der Waals surface area contributed by atoms with Crippen LogP contribution in [-0.2, 0) is 0 Å². The highest BCUT2D eigenvalue weighted by atomic mass is 16.4. The fourth-order valence-corrected chi connectivity index (χ4v) is 3.22. The number of carbonyl (C=O) groups is 1. The summed E-state index contributed by atoms with van der Waals surface area (Å²) in [5.41, 5.74) is 1.63. The number of likely N-dealkylation sites (tertiary alicyclic amines) is 1. The number of benzene rings is 2. The first kappa shape index (κ1) is 15.6. The van der Waals surface area contributed by atoms with Crippen LogP contribution in [0.1, 0.15) is 35.0 Å². The maximum atomic E-state index is 12.7. The molecule has 1 amide bonds. The highest BCUT2D eigenvalue weighted by molar-refractivity contribution is 5.94. The Kier molecular flexibility index (Phi) is 4.29. The second-order valence-electron chi connectivity index (χ2n) is 6.27. The molecule has 3 aromatic rings.